The van der Waals surface area contributed by atoms with Crippen molar-refractivity contribution in [3.05, 3.63) is 281 Å². The molecule has 0 bridgehead atoms. The Morgan fingerprint density at radius 1 is 0.221 bits per heavy atom. The van der Waals surface area contributed by atoms with Crippen LogP contribution < -0.4 is 26.2 Å². The maximum absolute atomic E-state index is 2.76. The highest BCUT2D eigenvalue weighted by Gasteiger charge is 2.46. The van der Waals surface area contributed by atoms with Crippen LogP contribution >= 0.6 is 0 Å². The lowest BCUT2D eigenvalue weighted by atomic mass is 9.33. The molecule has 5 heteroatoms. The van der Waals surface area contributed by atoms with Gasteiger partial charge in [0.2, 0.25) is 0 Å². The molecular formula is C108H119BN4. The minimum Gasteiger partial charge on any atom is -0.311 e. The highest BCUT2D eigenvalue weighted by Crippen LogP contribution is 2.54. The Hall–Kier alpha value is -10.1. The minimum atomic E-state index is -0.310. The number of hydrogen-bond donors (Lipinski definition) is 0. The first-order chi connectivity index (χ1) is 52.7. The van der Waals surface area contributed by atoms with Crippen molar-refractivity contribution in [3.63, 3.8) is 0 Å². The number of nitrogens with zero attached hydrogens (tertiary/aromatic N) is 4. The largest absolute Gasteiger partial charge is 0.311 e. The summed E-state index contributed by atoms with van der Waals surface area (Å²) in [5, 5.41) is 4.91. The molecule has 0 N–H and O–H groups in total. The number of benzene rings is 12. The van der Waals surface area contributed by atoms with Crippen molar-refractivity contribution in [2.45, 2.75) is 236 Å². The van der Waals surface area contributed by atoms with Crippen molar-refractivity contribution >= 4 is 101 Å². The summed E-state index contributed by atoms with van der Waals surface area (Å²) in [6.45, 7) is 64.1. The van der Waals surface area contributed by atoms with E-state index in [0.717, 1.165) is 28.4 Å². The molecule has 0 fully saturated rings. The van der Waals surface area contributed by atoms with Gasteiger partial charge >= 0.3 is 0 Å². The quantitative estimate of drug-likeness (QED) is 0.148. The van der Waals surface area contributed by atoms with E-state index in [1.54, 1.807) is 0 Å². The summed E-state index contributed by atoms with van der Waals surface area (Å²) >= 11 is 0. The first kappa shape index (κ1) is 76.9. The third-order valence-corrected chi connectivity index (χ3v) is 24.8. The van der Waals surface area contributed by atoms with E-state index in [2.05, 4.69) is 436 Å². The number of hydrogen-bond acceptors (Lipinski definition) is 2. The maximum Gasteiger partial charge on any atom is 0.252 e. The average Bonchev–Trinajstić information content (AvgIpc) is 0.911. The molecule has 4 nitrogen and oxygen atoms in total. The van der Waals surface area contributed by atoms with Crippen molar-refractivity contribution in [2.24, 2.45) is 0 Å². The summed E-state index contributed by atoms with van der Waals surface area (Å²) in [7, 11) is 0. The Bertz CT molecular complexity index is 6080. The molecule has 0 spiro atoms. The van der Waals surface area contributed by atoms with Crippen molar-refractivity contribution < 1.29 is 0 Å². The van der Waals surface area contributed by atoms with Gasteiger partial charge in [-0.2, -0.15) is 0 Å². The number of para-hydroxylation sites is 3. The van der Waals surface area contributed by atoms with Crippen LogP contribution in [-0.2, 0) is 48.7 Å². The molecule has 113 heavy (non-hydrogen) atoms. The first-order valence-electron chi connectivity index (χ1n) is 41.6. The van der Waals surface area contributed by atoms with E-state index >= 15 is 0 Å². The van der Waals surface area contributed by atoms with E-state index in [0.29, 0.717) is 0 Å². The first-order valence-corrected chi connectivity index (χ1v) is 41.6. The highest BCUT2D eigenvalue weighted by atomic mass is 15.2. The van der Waals surface area contributed by atoms with Crippen LogP contribution in [0.2, 0.25) is 0 Å². The molecule has 0 aliphatic carbocycles. The molecule has 0 saturated carbocycles. The summed E-state index contributed by atoms with van der Waals surface area (Å²) in [4.78, 5) is 5.51. The fraction of sp³-hybridized carbons (Fsp3) is 0.333. The number of rotatable bonds is 7. The van der Waals surface area contributed by atoms with E-state index in [1.807, 2.05) is 0 Å². The lowest BCUT2D eigenvalue weighted by Gasteiger charge is -2.46. The Balaban J connectivity index is 1.09. The van der Waals surface area contributed by atoms with Crippen molar-refractivity contribution in [2.75, 3.05) is 9.80 Å². The zero-order chi connectivity index (χ0) is 80.9. The standard InChI is InChI=1S/C108H119BN4/c1-100(2,3)70-42-48-90(84(61-70)68-53-74(104(13,14)15)59-75(54-68)105(16,17)18)112-93-57-66(67-51-72(102(7,8)9)58-73(52-67)103(10,11)12)41-46-86(93)109-87-47-44-80(111-88-39-33-31-37-81(88)82-45-50-92-97(99(82)111)83-38-32-34-40-89(83)110(92)79-35-29-28-30-36-79)65-94(87)113(96-64-78(108(25,26)27)63-95(112)98(96)109)91-49-43-71(101(4,5)6)62-85(91)69-55-76(106(19,20)21)60-77(56-69)107(22,23)24/h28-65H,1-27H3. The number of anilines is 6. The fourth-order valence-corrected chi connectivity index (χ4v) is 17.7. The molecule has 2 aliphatic rings. The van der Waals surface area contributed by atoms with Gasteiger partial charge < -0.3 is 18.9 Å². The smallest absolute Gasteiger partial charge is 0.252 e. The predicted octanol–water partition coefficient (Wildman–Crippen LogP) is 28.6. The highest BCUT2D eigenvalue weighted by molar-refractivity contribution is 7.00. The summed E-state index contributed by atoms with van der Waals surface area (Å²) < 4.78 is 5.09. The van der Waals surface area contributed by atoms with Gasteiger partial charge in [-0.05, 0) is 222 Å². The summed E-state index contributed by atoms with van der Waals surface area (Å²) in [5.41, 5.74) is 35.7. The lowest BCUT2D eigenvalue weighted by molar-refractivity contribution is 0.568. The summed E-state index contributed by atoms with van der Waals surface area (Å²) in [6, 6.07) is 91.9. The normalized spacial score (nSPS) is 13.9. The lowest BCUT2D eigenvalue weighted by Crippen LogP contribution is -2.61. The van der Waals surface area contributed by atoms with Crippen LogP contribution in [0.15, 0.2) is 231 Å². The topological polar surface area (TPSA) is 16.3 Å². The van der Waals surface area contributed by atoms with Crippen molar-refractivity contribution in [1.29, 1.82) is 0 Å². The van der Waals surface area contributed by atoms with Crippen LogP contribution in [0.5, 0.6) is 0 Å². The third-order valence-electron chi connectivity index (χ3n) is 24.8. The molecule has 14 aromatic rings. The zero-order valence-corrected chi connectivity index (χ0v) is 72.8. The maximum atomic E-state index is 2.76. The molecule has 4 heterocycles. The van der Waals surface area contributed by atoms with Crippen LogP contribution in [0.3, 0.4) is 0 Å². The minimum absolute atomic E-state index is 0.0911. The molecule has 0 atom stereocenters. The van der Waals surface area contributed by atoms with Gasteiger partial charge in [0.1, 0.15) is 0 Å². The molecule has 2 aromatic heterocycles. The Kier molecular flexibility index (Phi) is 17.8. The molecule has 12 aromatic carbocycles. The van der Waals surface area contributed by atoms with Crippen LogP contribution in [0, 0.1) is 0 Å². The van der Waals surface area contributed by atoms with Crippen LogP contribution in [0.4, 0.5) is 34.1 Å². The van der Waals surface area contributed by atoms with Crippen LogP contribution in [0.25, 0.3) is 88.4 Å². The molecular weight excluding hydrogens is 1360 g/mol. The Labute approximate surface area is 676 Å². The Morgan fingerprint density at radius 3 is 1.04 bits per heavy atom. The van der Waals surface area contributed by atoms with Gasteiger partial charge in [0.05, 0.1) is 33.4 Å². The average molecular weight is 1480 g/mol. The molecule has 0 saturated heterocycles. The molecule has 0 amide bonds. The SMILES string of the molecule is CC(C)(C)c1cc(-c2ccc3c(c2)N(c2ccc(C(C)(C)C)cc2-c2cc(C(C)(C)C)cc(C(C)(C)C)c2)c2cc(C(C)(C)C)cc4c2B3c2ccc(-n3c5ccccc5c5ccc6c(c7ccccc7n6-c6ccccc6)c53)cc2N4c2ccc(C(C)(C)C)cc2-c2cc(C(C)(C)C)cc(C(C)(C)C)c2)cc(C(C)(C)C)c1. The number of fused-ring (bicyclic) bond motifs is 11. The van der Waals surface area contributed by atoms with Crippen LogP contribution in [-0.4, -0.2) is 15.8 Å². The van der Waals surface area contributed by atoms with E-state index in [1.165, 1.54) is 161 Å². The van der Waals surface area contributed by atoms with E-state index in [-0.39, 0.29) is 55.4 Å². The number of aromatic nitrogens is 2. The van der Waals surface area contributed by atoms with Crippen molar-refractivity contribution in [1.82, 2.24) is 9.13 Å². The van der Waals surface area contributed by atoms with E-state index in [9.17, 15) is 0 Å². The second-order valence-electron chi connectivity index (χ2n) is 42.6. The van der Waals surface area contributed by atoms with Gasteiger partial charge in [-0.3, -0.25) is 0 Å². The Morgan fingerprint density at radius 2 is 0.602 bits per heavy atom. The van der Waals surface area contributed by atoms with Gasteiger partial charge in [-0.15, -0.1) is 0 Å². The molecule has 0 radical (unpaired) electrons. The zero-order valence-electron chi connectivity index (χ0n) is 72.8. The van der Waals surface area contributed by atoms with Crippen molar-refractivity contribution in [3.8, 4) is 44.8 Å². The fourth-order valence-electron chi connectivity index (χ4n) is 17.7. The molecule has 0 unspecified atom stereocenters. The molecule has 574 valence electrons. The van der Waals surface area contributed by atoms with Gasteiger partial charge in [0.15, 0.2) is 0 Å². The van der Waals surface area contributed by atoms with E-state index in [4.69, 9.17) is 0 Å². The molecule has 16 rings (SSSR count). The summed E-state index contributed by atoms with van der Waals surface area (Å²) in [5.74, 6) is 0. The van der Waals surface area contributed by atoms with E-state index < -0.39 is 0 Å². The molecule has 2 aliphatic heterocycles. The van der Waals surface area contributed by atoms with Gasteiger partial charge in [0, 0.05) is 66.8 Å². The monoisotopic (exact) mass is 1480 g/mol. The second-order valence-corrected chi connectivity index (χ2v) is 42.6. The van der Waals surface area contributed by atoms with Gasteiger partial charge in [-0.1, -0.05) is 333 Å². The third kappa shape index (κ3) is 13.5. The predicted molar refractivity (Wildman–Crippen MR) is 494 cm³/mol. The van der Waals surface area contributed by atoms with Crippen LogP contribution in [0.1, 0.15) is 237 Å². The summed E-state index contributed by atoms with van der Waals surface area (Å²) in [6.07, 6.45) is 0. The van der Waals surface area contributed by atoms with Gasteiger partial charge in [0.25, 0.3) is 6.71 Å². The second kappa shape index (κ2) is 26.2. The van der Waals surface area contributed by atoms with Gasteiger partial charge in [-0.25, -0.2) is 0 Å².